The molecule has 1 amide bonds. The number of amides is 1. The summed E-state index contributed by atoms with van der Waals surface area (Å²) in [6.07, 6.45) is 0.669. The maximum atomic E-state index is 12.4. The fraction of sp³-hybridized carbons (Fsp3) is 0.533. The Labute approximate surface area is 114 Å². The molecule has 1 fully saturated rings. The molecule has 1 aliphatic rings. The molecule has 0 spiro atoms. The van der Waals surface area contributed by atoms with Crippen molar-refractivity contribution in [2.24, 2.45) is 5.73 Å². The number of rotatable bonds is 3. The van der Waals surface area contributed by atoms with E-state index in [1.807, 2.05) is 49.1 Å². The lowest BCUT2D eigenvalue weighted by molar-refractivity contribution is -0.144. The minimum Gasteiger partial charge on any atom is -0.375 e. The molecule has 2 rings (SSSR count). The number of carbonyl (C=O) groups is 1. The second-order valence-corrected chi connectivity index (χ2v) is 5.28. The second-order valence-electron chi connectivity index (χ2n) is 5.28. The van der Waals surface area contributed by atoms with Crippen LogP contribution >= 0.6 is 0 Å². The fourth-order valence-electron chi connectivity index (χ4n) is 2.38. The Morgan fingerprint density at radius 2 is 2.11 bits per heavy atom. The van der Waals surface area contributed by atoms with Gasteiger partial charge in [0.25, 0.3) is 0 Å². The predicted molar refractivity (Wildman–Crippen MR) is 74.7 cm³/mol. The van der Waals surface area contributed by atoms with Gasteiger partial charge in [-0.2, -0.15) is 0 Å². The highest BCUT2D eigenvalue weighted by molar-refractivity contribution is 5.82. The normalized spacial score (nSPS) is 25.1. The zero-order valence-corrected chi connectivity index (χ0v) is 11.6. The summed E-state index contributed by atoms with van der Waals surface area (Å²) in [5.74, 6) is 0.0199. The van der Waals surface area contributed by atoms with E-state index in [1.54, 1.807) is 0 Å². The fourth-order valence-corrected chi connectivity index (χ4v) is 2.38. The summed E-state index contributed by atoms with van der Waals surface area (Å²) in [7, 11) is 0. The zero-order chi connectivity index (χ0) is 13.8. The van der Waals surface area contributed by atoms with E-state index in [2.05, 4.69) is 0 Å². The molecular weight excluding hydrogens is 240 g/mol. The molecule has 19 heavy (non-hydrogen) atoms. The van der Waals surface area contributed by atoms with Gasteiger partial charge in [0.05, 0.1) is 24.8 Å². The molecule has 0 radical (unpaired) electrons. The van der Waals surface area contributed by atoms with Crippen molar-refractivity contribution in [1.82, 2.24) is 4.90 Å². The Morgan fingerprint density at radius 1 is 1.42 bits per heavy atom. The van der Waals surface area contributed by atoms with Crippen LogP contribution in [0.4, 0.5) is 0 Å². The summed E-state index contributed by atoms with van der Waals surface area (Å²) >= 11 is 0. The molecule has 0 saturated carbocycles. The molecule has 0 aromatic heterocycles. The predicted octanol–water partition coefficient (Wildman–Crippen LogP) is 1.19. The van der Waals surface area contributed by atoms with E-state index in [9.17, 15) is 4.79 Å². The van der Waals surface area contributed by atoms with Gasteiger partial charge in [0.15, 0.2) is 0 Å². The number of hydrogen-bond acceptors (Lipinski definition) is 3. The standard InChI is InChI=1S/C15H22N2O2/c1-11-10-19-12(2)9-17(11)15(18)14(16)8-13-6-4-3-5-7-13/h3-7,11-12,14H,8-10,16H2,1-2H3/t11?,12?,14-/m0/s1. The maximum Gasteiger partial charge on any atom is 0.240 e. The number of nitrogens with two attached hydrogens (primary N) is 1. The molecule has 104 valence electrons. The van der Waals surface area contributed by atoms with Crippen LogP contribution in [-0.2, 0) is 16.0 Å². The molecule has 0 aliphatic carbocycles. The Balaban J connectivity index is 1.98. The van der Waals surface area contributed by atoms with Crippen LogP contribution in [0.3, 0.4) is 0 Å². The molecule has 2 unspecified atom stereocenters. The number of hydrogen-bond donors (Lipinski definition) is 1. The monoisotopic (exact) mass is 262 g/mol. The molecular formula is C15H22N2O2. The van der Waals surface area contributed by atoms with Crippen molar-refractivity contribution in [3.05, 3.63) is 35.9 Å². The van der Waals surface area contributed by atoms with Crippen molar-refractivity contribution in [2.75, 3.05) is 13.2 Å². The molecule has 1 aromatic rings. The molecule has 1 saturated heterocycles. The molecule has 0 bridgehead atoms. The van der Waals surface area contributed by atoms with Crippen LogP contribution in [0.15, 0.2) is 30.3 Å². The Morgan fingerprint density at radius 3 is 2.79 bits per heavy atom. The average molecular weight is 262 g/mol. The Bertz CT molecular complexity index is 421. The minimum atomic E-state index is -0.477. The highest BCUT2D eigenvalue weighted by Gasteiger charge is 2.30. The van der Waals surface area contributed by atoms with Crippen LogP contribution in [0.25, 0.3) is 0 Å². The van der Waals surface area contributed by atoms with Crippen LogP contribution in [0.2, 0.25) is 0 Å². The number of morpholine rings is 1. The van der Waals surface area contributed by atoms with Gasteiger partial charge in [0.2, 0.25) is 5.91 Å². The number of ether oxygens (including phenoxy) is 1. The lowest BCUT2D eigenvalue weighted by Crippen LogP contribution is -2.55. The average Bonchev–Trinajstić information content (AvgIpc) is 2.42. The summed E-state index contributed by atoms with van der Waals surface area (Å²) in [5.41, 5.74) is 7.15. The maximum absolute atomic E-state index is 12.4. The number of nitrogens with zero attached hydrogens (tertiary/aromatic N) is 1. The molecule has 3 atom stereocenters. The third-order valence-corrected chi connectivity index (χ3v) is 3.51. The van der Waals surface area contributed by atoms with E-state index in [4.69, 9.17) is 10.5 Å². The first kappa shape index (κ1) is 14.0. The van der Waals surface area contributed by atoms with Crippen molar-refractivity contribution < 1.29 is 9.53 Å². The SMILES string of the molecule is CC1CN(C(=O)[C@@H](N)Cc2ccccc2)C(C)CO1. The van der Waals surface area contributed by atoms with Gasteiger partial charge >= 0.3 is 0 Å². The van der Waals surface area contributed by atoms with E-state index in [-0.39, 0.29) is 18.1 Å². The van der Waals surface area contributed by atoms with Crippen molar-refractivity contribution >= 4 is 5.91 Å². The molecule has 4 heteroatoms. The summed E-state index contributed by atoms with van der Waals surface area (Å²) < 4.78 is 5.53. The lowest BCUT2D eigenvalue weighted by atomic mass is 10.0. The van der Waals surface area contributed by atoms with E-state index in [1.165, 1.54) is 0 Å². The summed E-state index contributed by atoms with van der Waals surface area (Å²) in [6, 6.07) is 9.51. The summed E-state index contributed by atoms with van der Waals surface area (Å²) in [5, 5.41) is 0. The van der Waals surface area contributed by atoms with Crippen molar-refractivity contribution in [1.29, 1.82) is 0 Å². The summed E-state index contributed by atoms with van der Waals surface area (Å²) in [4.78, 5) is 14.3. The van der Waals surface area contributed by atoms with E-state index < -0.39 is 6.04 Å². The second kappa shape index (κ2) is 6.17. The van der Waals surface area contributed by atoms with Crippen LogP contribution in [0.1, 0.15) is 19.4 Å². The van der Waals surface area contributed by atoms with Gasteiger partial charge in [-0.1, -0.05) is 30.3 Å². The third kappa shape index (κ3) is 3.55. The van der Waals surface area contributed by atoms with Crippen LogP contribution in [0.5, 0.6) is 0 Å². The lowest BCUT2D eigenvalue weighted by Gasteiger charge is -2.38. The van der Waals surface area contributed by atoms with Crippen molar-refractivity contribution in [3.8, 4) is 0 Å². The topological polar surface area (TPSA) is 55.6 Å². The molecule has 1 heterocycles. The highest BCUT2D eigenvalue weighted by Crippen LogP contribution is 2.13. The van der Waals surface area contributed by atoms with E-state index in [0.717, 1.165) is 5.56 Å². The van der Waals surface area contributed by atoms with Crippen LogP contribution < -0.4 is 5.73 Å². The summed E-state index contributed by atoms with van der Waals surface area (Å²) in [6.45, 7) is 5.20. The largest absolute Gasteiger partial charge is 0.375 e. The van der Waals surface area contributed by atoms with Crippen LogP contribution in [0, 0.1) is 0 Å². The molecule has 2 N–H and O–H groups in total. The van der Waals surface area contributed by atoms with E-state index in [0.29, 0.717) is 19.6 Å². The quantitative estimate of drug-likeness (QED) is 0.890. The van der Waals surface area contributed by atoms with Gasteiger partial charge < -0.3 is 15.4 Å². The third-order valence-electron chi connectivity index (χ3n) is 3.51. The first-order valence-electron chi connectivity index (χ1n) is 6.79. The van der Waals surface area contributed by atoms with Gasteiger partial charge in [-0.25, -0.2) is 0 Å². The van der Waals surface area contributed by atoms with Gasteiger partial charge in [-0.3, -0.25) is 4.79 Å². The smallest absolute Gasteiger partial charge is 0.240 e. The number of benzene rings is 1. The minimum absolute atomic E-state index is 0.0199. The van der Waals surface area contributed by atoms with Gasteiger partial charge in [0, 0.05) is 6.54 Å². The molecule has 1 aromatic carbocycles. The van der Waals surface area contributed by atoms with Gasteiger partial charge in [-0.05, 0) is 25.8 Å². The van der Waals surface area contributed by atoms with Gasteiger partial charge in [0.1, 0.15) is 0 Å². The Hall–Kier alpha value is -1.39. The van der Waals surface area contributed by atoms with Crippen molar-refractivity contribution in [2.45, 2.75) is 38.5 Å². The number of carbonyl (C=O) groups excluding carboxylic acids is 1. The van der Waals surface area contributed by atoms with E-state index >= 15 is 0 Å². The Kier molecular flexibility index (Phi) is 4.56. The van der Waals surface area contributed by atoms with Crippen LogP contribution in [-0.4, -0.2) is 42.1 Å². The van der Waals surface area contributed by atoms with Gasteiger partial charge in [-0.15, -0.1) is 0 Å². The molecule has 1 aliphatic heterocycles. The zero-order valence-electron chi connectivity index (χ0n) is 11.6. The first-order chi connectivity index (χ1) is 9.08. The molecule has 4 nitrogen and oxygen atoms in total. The van der Waals surface area contributed by atoms with Crippen molar-refractivity contribution in [3.63, 3.8) is 0 Å². The highest BCUT2D eigenvalue weighted by atomic mass is 16.5. The first-order valence-corrected chi connectivity index (χ1v) is 6.79.